The van der Waals surface area contributed by atoms with Crippen molar-refractivity contribution < 1.29 is 14.7 Å². The molecule has 0 bridgehead atoms. The summed E-state index contributed by atoms with van der Waals surface area (Å²) >= 11 is 0. The van der Waals surface area contributed by atoms with E-state index >= 15 is 0 Å². The van der Waals surface area contributed by atoms with E-state index in [1.54, 1.807) is 4.68 Å². The van der Waals surface area contributed by atoms with E-state index in [-0.39, 0.29) is 18.9 Å². The van der Waals surface area contributed by atoms with Gasteiger partial charge in [0.15, 0.2) is 0 Å². The summed E-state index contributed by atoms with van der Waals surface area (Å²) in [5, 5.41) is 13.4. The Morgan fingerprint density at radius 2 is 2.05 bits per heavy atom. The molecule has 1 amide bonds. The maximum absolute atomic E-state index is 12.1. The number of aliphatic carboxylic acids is 1. The maximum atomic E-state index is 12.1. The van der Waals surface area contributed by atoms with Gasteiger partial charge in [0.05, 0.1) is 18.7 Å². The van der Waals surface area contributed by atoms with Crippen LogP contribution in [0.25, 0.3) is 11.3 Å². The molecule has 1 aromatic heterocycles. The second kappa shape index (κ2) is 5.63. The number of carbonyl (C=O) groups excluding carboxylic acids is 1. The summed E-state index contributed by atoms with van der Waals surface area (Å²) in [6.45, 7) is 2.73. The second-order valence-electron chi connectivity index (χ2n) is 5.42. The van der Waals surface area contributed by atoms with Crippen molar-refractivity contribution in [3.63, 3.8) is 0 Å². The van der Waals surface area contributed by atoms with Gasteiger partial charge in [-0.2, -0.15) is 5.10 Å². The summed E-state index contributed by atoms with van der Waals surface area (Å²) in [5.74, 6) is -0.291. The Hall–Kier alpha value is -2.63. The van der Waals surface area contributed by atoms with Gasteiger partial charge < -0.3 is 5.11 Å². The Labute approximate surface area is 128 Å². The standard InChI is InChI=1S/C16H17N3O3/c1-11-2-4-12(5-3-11)13-10-14-18(8-7-16(21)22)15(20)6-9-19(14)17-13/h2-5,10H,6-9H2,1H3,(H,21,22). The van der Waals surface area contributed by atoms with Gasteiger partial charge in [-0.25, -0.2) is 4.68 Å². The Morgan fingerprint density at radius 3 is 2.73 bits per heavy atom. The Balaban J connectivity index is 1.92. The summed E-state index contributed by atoms with van der Waals surface area (Å²) in [6, 6.07) is 9.87. The molecule has 6 nitrogen and oxygen atoms in total. The number of carboxylic acid groups (broad SMARTS) is 1. The summed E-state index contributed by atoms with van der Waals surface area (Å²) in [7, 11) is 0. The Bertz CT molecular complexity index is 719. The van der Waals surface area contributed by atoms with Crippen molar-refractivity contribution in [3.8, 4) is 11.3 Å². The third kappa shape index (κ3) is 2.72. The molecule has 0 unspecified atom stereocenters. The Morgan fingerprint density at radius 1 is 1.32 bits per heavy atom. The van der Waals surface area contributed by atoms with Gasteiger partial charge in [-0.3, -0.25) is 14.5 Å². The molecule has 6 heteroatoms. The highest BCUT2D eigenvalue weighted by atomic mass is 16.4. The number of aryl methyl sites for hydroxylation is 2. The van der Waals surface area contributed by atoms with Gasteiger partial charge in [0.2, 0.25) is 5.91 Å². The van der Waals surface area contributed by atoms with Crippen molar-refractivity contribution >= 4 is 17.7 Å². The van der Waals surface area contributed by atoms with Crippen molar-refractivity contribution in [2.75, 3.05) is 11.4 Å². The molecule has 1 N–H and O–H groups in total. The van der Waals surface area contributed by atoms with E-state index in [4.69, 9.17) is 5.11 Å². The number of hydrogen-bond acceptors (Lipinski definition) is 3. The lowest BCUT2D eigenvalue weighted by Crippen LogP contribution is -2.38. The zero-order valence-corrected chi connectivity index (χ0v) is 12.3. The number of rotatable bonds is 4. The number of hydrogen-bond donors (Lipinski definition) is 1. The van der Waals surface area contributed by atoms with E-state index in [1.165, 1.54) is 10.5 Å². The molecule has 0 aliphatic carbocycles. The zero-order valence-electron chi connectivity index (χ0n) is 12.3. The molecular weight excluding hydrogens is 282 g/mol. The topological polar surface area (TPSA) is 75.4 Å². The summed E-state index contributed by atoms with van der Waals surface area (Å²) in [5.41, 5.74) is 2.95. The number of amides is 1. The van der Waals surface area contributed by atoms with Crippen LogP contribution >= 0.6 is 0 Å². The molecule has 1 aromatic carbocycles. The van der Waals surface area contributed by atoms with Gasteiger partial charge in [0.25, 0.3) is 0 Å². The number of nitrogens with zero attached hydrogens (tertiary/aromatic N) is 3. The maximum Gasteiger partial charge on any atom is 0.305 e. The molecule has 0 fully saturated rings. The van der Waals surface area contributed by atoms with Crippen LogP contribution in [0.1, 0.15) is 18.4 Å². The molecule has 0 saturated carbocycles. The van der Waals surface area contributed by atoms with Crippen LogP contribution in [0.4, 0.5) is 5.82 Å². The van der Waals surface area contributed by atoms with E-state index < -0.39 is 5.97 Å². The second-order valence-corrected chi connectivity index (χ2v) is 5.42. The van der Waals surface area contributed by atoms with E-state index in [0.29, 0.717) is 18.8 Å². The smallest absolute Gasteiger partial charge is 0.305 e. The summed E-state index contributed by atoms with van der Waals surface area (Å²) in [4.78, 5) is 24.3. The van der Waals surface area contributed by atoms with Crippen LogP contribution < -0.4 is 4.90 Å². The van der Waals surface area contributed by atoms with Crippen LogP contribution in [0.15, 0.2) is 30.3 Å². The van der Waals surface area contributed by atoms with Crippen molar-refractivity contribution in [3.05, 3.63) is 35.9 Å². The van der Waals surface area contributed by atoms with Crippen LogP contribution in [0, 0.1) is 6.92 Å². The van der Waals surface area contributed by atoms with Crippen LogP contribution in [-0.2, 0) is 16.1 Å². The Kier molecular flexibility index (Phi) is 3.66. The van der Waals surface area contributed by atoms with Gasteiger partial charge in [-0.05, 0) is 6.92 Å². The summed E-state index contributed by atoms with van der Waals surface area (Å²) in [6.07, 6.45) is 0.276. The first-order chi connectivity index (χ1) is 10.5. The minimum absolute atomic E-state index is 0.0518. The SMILES string of the molecule is Cc1ccc(-c2cc3n(n2)CCC(=O)N3CCC(=O)O)cc1. The number of carbonyl (C=O) groups is 2. The minimum atomic E-state index is -0.914. The zero-order chi connectivity index (χ0) is 15.7. The highest BCUT2D eigenvalue weighted by molar-refractivity contribution is 5.94. The van der Waals surface area contributed by atoms with E-state index in [9.17, 15) is 9.59 Å². The van der Waals surface area contributed by atoms with Crippen molar-refractivity contribution in [1.82, 2.24) is 9.78 Å². The third-order valence-corrected chi connectivity index (χ3v) is 3.77. The number of benzene rings is 1. The van der Waals surface area contributed by atoms with Crippen LogP contribution in [-0.4, -0.2) is 33.3 Å². The van der Waals surface area contributed by atoms with Crippen LogP contribution in [0.3, 0.4) is 0 Å². The number of aromatic nitrogens is 2. The minimum Gasteiger partial charge on any atom is -0.481 e. The molecule has 114 valence electrons. The first-order valence-corrected chi connectivity index (χ1v) is 7.21. The molecule has 2 aromatic rings. The largest absolute Gasteiger partial charge is 0.481 e. The fourth-order valence-corrected chi connectivity index (χ4v) is 2.57. The highest BCUT2D eigenvalue weighted by Crippen LogP contribution is 2.28. The fraction of sp³-hybridized carbons (Fsp3) is 0.312. The van der Waals surface area contributed by atoms with Crippen molar-refractivity contribution in [2.24, 2.45) is 0 Å². The monoisotopic (exact) mass is 299 g/mol. The molecule has 0 radical (unpaired) electrons. The molecule has 0 atom stereocenters. The van der Waals surface area contributed by atoms with Crippen molar-refractivity contribution in [1.29, 1.82) is 0 Å². The molecule has 3 rings (SSSR count). The van der Waals surface area contributed by atoms with Gasteiger partial charge in [-0.1, -0.05) is 29.8 Å². The molecular formula is C16H17N3O3. The van der Waals surface area contributed by atoms with Gasteiger partial charge in [0, 0.05) is 24.6 Å². The highest BCUT2D eigenvalue weighted by Gasteiger charge is 2.26. The van der Waals surface area contributed by atoms with Gasteiger partial charge in [-0.15, -0.1) is 0 Å². The first-order valence-electron chi connectivity index (χ1n) is 7.21. The quantitative estimate of drug-likeness (QED) is 0.937. The van der Waals surface area contributed by atoms with E-state index in [1.807, 2.05) is 37.3 Å². The molecule has 0 spiro atoms. The van der Waals surface area contributed by atoms with Gasteiger partial charge in [0.1, 0.15) is 5.82 Å². The molecule has 1 aliphatic heterocycles. The summed E-state index contributed by atoms with van der Waals surface area (Å²) < 4.78 is 1.78. The number of carboxylic acids is 1. The first kappa shape index (κ1) is 14.3. The number of anilines is 1. The number of fused-ring (bicyclic) bond motifs is 1. The van der Waals surface area contributed by atoms with E-state index in [2.05, 4.69) is 5.10 Å². The van der Waals surface area contributed by atoms with E-state index in [0.717, 1.165) is 11.3 Å². The molecule has 22 heavy (non-hydrogen) atoms. The lowest BCUT2D eigenvalue weighted by atomic mass is 10.1. The lowest BCUT2D eigenvalue weighted by Gasteiger charge is -2.26. The van der Waals surface area contributed by atoms with Gasteiger partial charge >= 0.3 is 5.97 Å². The average molecular weight is 299 g/mol. The molecule has 2 heterocycles. The predicted molar refractivity (Wildman–Crippen MR) is 81.6 cm³/mol. The van der Waals surface area contributed by atoms with Crippen LogP contribution in [0.5, 0.6) is 0 Å². The van der Waals surface area contributed by atoms with Crippen molar-refractivity contribution in [2.45, 2.75) is 26.3 Å². The fourth-order valence-electron chi connectivity index (χ4n) is 2.57. The van der Waals surface area contributed by atoms with Crippen LogP contribution in [0.2, 0.25) is 0 Å². The lowest BCUT2D eigenvalue weighted by molar-refractivity contribution is -0.136. The predicted octanol–water partition coefficient (Wildman–Crippen LogP) is 2.07. The molecule has 1 aliphatic rings. The normalized spacial score (nSPS) is 14.0. The average Bonchev–Trinajstić information content (AvgIpc) is 2.91. The molecule has 0 saturated heterocycles. The third-order valence-electron chi connectivity index (χ3n) is 3.77.